The third-order valence-electron chi connectivity index (χ3n) is 7.12. The fraction of sp³-hybridized carbons (Fsp3) is 0.0968. The maximum absolute atomic E-state index is 2.46. The van der Waals surface area contributed by atoms with Crippen molar-refractivity contribution in [1.29, 1.82) is 0 Å². The largest absolute Gasteiger partial charge is 0.135 e. The van der Waals surface area contributed by atoms with E-state index < -0.39 is 0 Å². The van der Waals surface area contributed by atoms with E-state index in [4.69, 9.17) is 0 Å². The Morgan fingerprint density at radius 3 is 2.53 bits per heavy atom. The Morgan fingerprint density at radius 2 is 1.56 bits per heavy atom. The summed E-state index contributed by atoms with van der Waals surface area (Å²) < 4.78 is 2.73. The Balaban J connectivity index is 1.43. The molecule has 7 rings (SSSR count). The Hall–Kier alpha value is -3.42. The second-order valence-corrected chi connectivity index (χ2v) is 9.95. The molecule has 1 heteroatoms. The lowest BCUT2D eigenvalue weighted by atomic mass is 9.70. The molecule has 0 spiro atoms. The van der Waals surface area contributed by atoms with E-state index in [1.807, 2.05) is 11.3 Å². The summed E-state index contributed by atoms with van der Waals surface area (Å²) in [5.41, 5.74) is 8.40. The summed E-state index contributed by atoms with van der Waals surface area (Å²) in [4.78, 5) is 0. The molecule has 4 aromatic rings. The van der Waals surface area contributed by atoms with Crippen LogP contribution in [0.5, 0.6) is 0 Å². The molecule has 0 fully saturated rings. The Kier molecular flexibility index (Phi) is 4.00. The highest BCUT2D eigenvalue weighted by Crippen LogP contribution is 2.48. The van der Waals surface area contributed by atoms with E-state index in [1.165, 1.54) is 53.6 Å². The predicted octanol–water partition coefficient (Wildman–Crippen LogP) is 8.69. The lowest BCUT2D eigenvalue weighted by molar-refractivity contribution is 0.665. The number of rotatable bonds is 1. The highest BCUT2D eigenvalue weighted by atomic mass is 32.1. The molecule has 0 amide bonds. The van der Waals surface area contributed by atoms with Gasteiger partial charge in [-0.2, -0.15) is 0 Å². The van der Waals surface area contributed by atoms with Crippen molar-refractivity contribution in [3.63, 3.8) is 0 Å². The van der Waals surface area contributed by atoms with Crippen LogP contribution in [0.4, 0.5) is 0 Å². The third kappa shape index (κ3) is 2.68. The second-order valence-electron chi connectivity index (χ2n) is 8.86. The van der Waals surface area contributed by atoms with Gasteiger partial charge in [0.15, 0.2) is 0 Å². The first kappa shape index (κ1) is 18.2. The van der Waals surface area contributed by atoms with Crippen molar-refractivity contribution in [2.75, 3.05) is 0 Å². The number of thiophene rings is 1. The summed E-state index contributed by atoms with van der Waals surface area (Å²) in [5.74, 6) is 0.850. The highest BCUT2D eigenvalue weighted by molar-refractivity contribution is 7.25. The molecule has 3 aromatic carbocycles. The SMILES string of the molecule is C1=CC2C3=C(C=C(c4ccc5sc6ccccc6c5c4)CC=C3)c3ccccc3C2C=C1. The molecular weight excluding hydrogens is 404 g/mol. The number of allylic oxidation sites excluding steroid dienone is 10. The zero-order chi connectivity index (χ0) is 21.1. The maximum atomic E-state index is 2.46. The van der Waals surface area contributed by atoms with E-state index in [2.05, 4.69) is 109 Å². The van der Waals surface area contributed by atoms with E-state index in [1.54, 1.807) is 0 Å². The zero-order valence-corrected chi connectivity index (χ0v) is 18.5. The van der Waals surface area contributed by atoms with Gasteiger partial charge in [-0.1, -0.05) is 85.0 Å². The lowest BCUT2D eigenvalue weighted by Crippen LogP contribution is -2.19. The minimum Gasteiger partial charge on any atom is -0.135 e. The van der Waals surface area contributed by atoms with Crippen LogP contribution in [-0.4, -0.2) is 0 Å². The standard InChI is InChI=1S/C31H22S/c1-2-11-24-22(9-1)23-10-3-4-12-25(23)28-18-20(8-7-14-26(24)28)21-16-17-31-29(19-21)27-13-5-6-15-30(27)32-31/h1-7,9-19,22,24H,8H2. The van der Waals surface area contributed by atoms with Crippen LogP contribution in [0.2, 0.25) is 0 Å². The first-order chi connectivity index (χ1) is 15.9. The van der Waals surface area contributed by atoms with Crippen LogP contribution in [0, 0.1) is 5.92 Å². The first-order valence-corrected chi connectivity index (χ1v) is 12.2. The van der Waals surface area contributed by atoms with Crippen molar-refractivity contribution in [3.8, 4) is 0 Å². The molecule has 0 bridgehead atoms. The predicted molar refractivity (Wildman–Crippen MR) is 139 cm³/mol. The minimum absolute atomic E-state index is 0.417. The second kappa shape index (κ2) is 7.05. The van der Waals surface area contributed by atoms with E-state index in [0.29, 0.717) is 11.8 Å². The average Bonchev–Trinajstić information content (AvgIpc) is 3.07. The molecule has 0 saturated heterocycles. The van der Waals surface area contributed by atoms with Gasteiger partial charge in [0.2, 0.25) is 0 Å². The molecule has 152 valence electrons. The molecule has 0 radical (unpaired) electrons. The summed E-state index contributed by atoms with van der Waals surface area (Å²) in [6.07, 6.45) is 17.3. The molecule has 3 aliphatic rings. The molecule has 0 nitrogen and oxygen atoms in total. The van der Waals surface area contributed by atoms with Crippen LogP contribution in [0.25, 0.3) is 31.3 Å². The van der Waals surface area contributed by atoms with E-state index in [-0.39, 0.29) is 0 Å². The quantitative estimate of drug-likeness (QED) is 0.285. The smallest absolute Gasteiger partial charge is 0.0355 e. The molecule has 0 N–H and O–H groups in total. The minimum atomic E-state index is 0.417. The van der Waals surface area contributed by atoms with Gasteiger partial charge in [0.25, 0.3) is 0 Å². The van der Waals surface area contributed by atoms with Crippen molar-refractivity contribution in [3.05, 3.63) is 132 Å². The monoisotopic (exact) mass is 426 g/mol. The fourth-order valence-corrected chi connectivity index (χ4v) is 6.69. The van der Waals surface area contributed by atoms with Crippen molar-refractivity contribution in [2.24, 2.45) is 5.92 Å². The molecule has 1 heterocycles. The maximum Gasteiger partial charge on any atom is 0.0355 e. The summed E-state index contributed by atoms with van der Waals surface area (Å²) in [6, 6.07) is 24.7. The van der Waals surface area contributed by atoms with Crippen LogP contribution in [0.1, 0.15) is 29.0 Å². The summed E-state index contributed by atoms with van der Waals surface area (Å²) in [7, 11) is 0. The van der Waals surface area contributed by atoms with Crippen LogP contribution < -0.4 is 0 Å². The van der Waals surface area contributed by atoms with Crippen LogP contribution >= 0.6 is 11.3 Å². The van der Waals surface area contributed by atoms with Gasteiger partial charge in [-0.15, -0.1) is 11.3 Å². The van der Waals surface area contributed by atoms with Crippen LogP contribution in [0.15, 0.2) is 115 Å². The summed E-state index contributed by atoms with van der Waals surface area (Å²) in [6.45, 7) is 0. The molecule has 0 saturated carbocycles. The normalized spacial score (nSPS) is 21.3. The molecule has 0 aliphatic heterocycles. The van der Waals surface area contributed by atoms with Gasteiger partial charge < -0.3 is 0 Å². The van der Waals surface area contributed by atoms with E-state index in [0.717, 1.165) is 6.42 Å². The topological polar surface area (TPSA) is 0 Å². The Morgan fingerprint density at radius 1 is 0.750 bits per heavy atom. The van der Waals surface area contributed by atoms with Gasteiger partial charge >= 0.3 is 0 Å². The van der Waals surface area contributed by atoms with Gasteiger partial charge in [-0.25, -0.2) is 0 Å². The molecular formula is C31H22S. The highest BCUT2D eigenvalue weighted by Gasteiger charge is 2.32. The Labute approximate surface area is 192 Å². The van der Waals surface area contributed by atoms with Gasteiger partial charge in [-0.05, 0) is 64.1 Å². The number of hydrogen-bond donors (Lipinski definition) is 0. The number of benzene rings is 3. The van der Waals surface area contributed by atoms with Gasteiger partial charge in [0.05, 0.1) is 0 Å². The van der Waals surface area contributed by atoms with Gasteiger partial charge in [0.1, 0.15) is 0 Å². The van der Waals surface area contributed by atoms with Crippen molar-refractivity contribution < 1.29 is 0 Å². The third-order valence-corrected chi connectivity index (χ3v) is 8.27. The number of hydrogen-bond acceptors (Lipinski definition) is 1. The van der Waals surface area contributed by atoms with Crippen LogP contribution in [-0.2, 0) is 0 Å². The summed E-state index contributed by atoms with van der Waals surface area (Å²) in [5, 5.41) is 2.74. The molecule has 3 aliphatic carbocycles. The number of fused-ring (bicyclic) bond motifs is 8. The van der Waals surface area contributed by atoms with Crippen molar-refractivity contribution in [1.82, 2.24) is 0 Å². The fourth-order valence-electron chi connectivity index (χ4n) is 5.60. The van der Waals surface area contributed by atoms with Gasteiger partial charge in [-0.3, -0.25) is 0 Å². The molecule has 32 heavy (non-hydrogen) atoms. The van der Waals surface area contributed by atoms with Crippen molar-refractivity contribution >= 4 is 42.7 Å². The first-order valence-electron chi connectivity index (χ1n) is 11.3. The molecule has 2 unspecified atom stereocenters. The summed E-state index contributed by atoms with van der Waals surface area (Å²) >= 11 is 1.89. The van der Waals surface area contributed by atoms with E-state index >= 15 is 0 Å². The van der Waals surface area contributed by atoms with Crippen molar-refractivity contribution in [2.45, 2.75) is 12.3 Å². The molecule has 1 aromatic heterocycles. The lowest BCUT2D eigenvalue weighted by Gasteiger charge is -2.34. The van der Waals surface area contributed by atoms with E-state index in [9.17, 15) is 0 Å². The average molecular weight is 427 g/mol. The zero-order valence-electron chi connectivity index (χ0n) is 17.7. The molecule has 2 atom stereocenters. The Bertz CT molecular complexity index is 1550. The van der Waals surface area contributed by atoms with Crippen LogP contribution in [0.3, 0.4) is 0 Å². The van der Waals surface area contributed by atoms with Gasteiger partial charge in [0, 0.05) is 32.0 Å².